The van der Waals surface area contributed by atoms with E-state index in [4.69, 9.17) is 4.74 Å². The predicted molar refractivity (Wildman–Crippen MR) is 114 cm³/mol. The minimum atomic E-state index is -0.565. The van der Waals surface area contributed by atoms with Gasteiger partial charge in [0.25, 0.3) is 5.56 Å². The number of aromatic nitrogens is 2. The highest BCUT2D eigenvalue weighted by atomic mass is 19.1. The molecule has 0 unspecified atom stereocenters. The molecule has 2 aromatic carbocycles. The van der Waals surface area contributed by atoms with E-state index in [1.54, 1.807) is 31.2 Å². The van der Waals surface area contributed by atoms with Gasteiger partial charge in [0.15, 0.2) is 0 Å². The Hall–Kier alpha value is -3.81. The first-order valence-electron chi connectivity index (χ1n) is 9.85. The number of hydrogen-bond acceptors (Lipinski definition) is 5. The molecule has 3 aromatic rings. The lowest BCUT2D eigenvalue weighted by molar-refractivity contribution is -0.116. The van der Waals surface area contributed by atoms with E-state index in [0.717, 1.165) is 0 Å². The number of carbonyl (C=O) groups excluding carboxylic acids is 2. The van der Waals surface area contributed by atoms with Crippen molar-refractivity contribution in [3.05, 3.63) is 82.0 Å². The first-order chi connectivity index (χ1) is 14.9. The van der Waals surface area contributed by atoms with E-state index in [9.17, 15) is 18.8 Å². The Balaban J connectivity index is 1.94. The summed E-state index contributed by atoms with van der Waals surface area (Å²) in [6.07, 6.45) is 0.511. The lowest BCUT2D eigenvalue weighted by atomic mass is 10.1. The predicted octanol–water partition coefficient (Wildman–Crippen LogP) is 3.43. The number of rotatable bonds is 7. The minimum Gasteiger partial charge on any atom is -0.462 e. The molecule has 0 saturated carbocycles. The van der Waals surface area contributed by atoms with Gasteiger partial charge in [0, 0.05) is 17.3 Å². The number of para-hydroxylation sites is 1. The van der Waals surface area contributed by atoms with Gasteiger partial charge in [0.2, 0.25) is 5.91 Å². The Morgan fingerprint density at radius 1 is 1.10 bits per heavy atom. The maximum absolute atomic E-state index is 13.8. The summed E-state index contributed by atoms with van der Waals surface area (Å²) in [6.45, 7) is 3.37. The molecule has 0 spiro atoms. The smallest absolute Gasteiger partial charge is 0.340 e. The summed E-state index contributed by atoms with van der Waals surface area (Å²) in [5, 5.41) is 2.64. The second kappa shape index (κ2) is 9.80. The van der Waals surface area contributed by atoms with E-state index in [2.05, 4.69) is 10.3 Å². The Bertz CT molecular complexity index is 1170. The number of amides is 1. The van der Waals surface area contributed by atoms with Crippen LogP contribution in [0.3, 0.4) is 0 Å². The van der Waals surface area contributed by atoms with Crippen molar-refractivity contribution in [2.24, 2.45) is 0 Å². The maximum Gasteiger partial charge on any atom is 0.340 e. The number of aryl methyl sites for hydroxylation is 1. The van der Waals surface area contributed by atoms with Crippen LogP contribution in [0.5, 0.6) is 0 Å². The second-order valence-corrected chi connectivity index (χ2v) is 6.67. The van der Waals surface area contributed by atoms with Crippen LogP contribution < -0.4 is 10.9 Å². The fourth-order valence-corrected chi connectivity index (χ4v) is 3.05. The SMILES string of the molecule is CCOC(=O)c1ccccc1NC(=O)Cn1c(-c2cccc(F)c2)nc(CC)cc1=O. The van der Waals surface area contributed by atoms with Crippen LogP contribution in [0.15, 0.2) is 59.4 Å². The van der Waals surface area contributed by atoms with Gasteiger partial charge in [0.05, 0.1) is 17.9 Å². The molecular weight excluding hydrogens is 401 g/mol. The third-order valence-corrected chi connectivity index (χ3v) is 4.50. The largest absolute Gasteiger partial charge is 0.462 e. The monoisotopic (exact) mass is 423 g/mol. The number of nitrogens with zero attached hydrogens (tertiary/aromatic N) is 2. The molecule has 160 valence electrons. The van der Waals surface area contributed by atoms with Crippen LogP contribution in [-0.4, -0.2) is 28.0 Å². The van der Waals surface area contributed by atoms with Gasteiger partial charge in [-0.15, -0.1) is 0 Å². The zero-order valence-corrected chi connectivity index (χ0v) is 17.2. The Morgan fingerprint density at radius 2 is 1.87 bits per heavy atom. The lowest BCUT2D eigenvalue weighted by Gasteiger charge is -2.15. The zero-order chi connectivity index (χ0) is 22.4. The number of benzene rings is 2. The van der Waals surface area contributed by atoms with Crippen molar-refractivity contribution < 1.29 is 18.7 Å². The molecule has 1 heterocycles. The molecule has 0 atom stereocenters. The zero-order valence-electron chi connectivity index (χ0n) is 17.2. The van der Waals surface area contributed by atoms with Crippen LogP contribution in [0, 0.1) is 5.82 Å². The molecule has 0 aliphatic carbocycles. The quantitative estimate of drug-likeness (QED) is 0.588. The van der Waals surface area contributed by atoms with Crippen molar-refractivity contribution in [3.8, 4) is 11.4 Å². The highest BCUT2D eigenvalue weighted by Gasteiger charge is 2.17. The molecule has 8 heteroatoms. The van der Waals surface area contributed by atoms with E-state index >= 15 is 0 Å². The fourth-order valence-electron chi connectivity index (χ4n) is 3.05. The third kappa shape index (κ3) is 5.22. The van der Waals surface area contributed by atoms with Crippen molar-refractivity contribution in [1.29, 1.82) is 0 Å². The van der Waals surface area contributed by atoms with Gasteiger partial charge in [-0.3, -0.25) is 14.2 Å². The van der Waals surface area contributed by atoms with Gasteiger partial charge in [0.1, 0.15) is 18.2 Å². The number of esters is 1. The summed E-state index contributed by atoms with van der Waals surface area (Å²) >= 11 is 0. The van der Waals surface area contributed by atoms with Gasteiger partial charge in [-0.2, -0.15) is 0 Å². The van der Waals surface area contributed by atoms with Crippen molar-refractivity contribution in [2.75, 3.05) is 11.9 Å². The van der Waals surface area contributed by atoms with Crippen LogP contribution in [0.25, 0.3) is 11.4 Å². The molecule has 0 fully saturated rings. The number of nitrogens with one attached hydrogen (secondary N) is 1. The summed E-state index contributed by atoms with van der Waals surface area (Å²) in [5.74, 6) is -1.39. The molecular formula is C23H22FN3O4. The van der Waals surface area contributed by atoms with E-state index < -0.39 is 23.3 Å². The van der Waals surface area contributed by atoms with Crippen molar-refractivity contribution in [3.63, 3.8) is 0 Å². The second-order valence-electron chi connectivity index (χ2n) is 6.67. The molecule has 0 aliphatic rings. The van der Waals surface area contributed by atoms with Crippen LogP contribution >= 0.6 is 0 Å². The molecule has 0 aliphatic heterocycles. The van der Waals surface area contributed by atoms with Crippen LogP contribution in [-0.2, 0) is 22.5 Å². The highest BCUT2D eigenvalue weighted by Crippen LogP contribution is 2.19. The molecule has 31 heavy (non-hydrogen) atoms. The lowest BCUT2D eigenvalue weighted by Crippen LogP contribution is -2.30. The van der Waals surface area contributed by atoms with Crippen molar-refractivity contribution >= 4 is 17.6 Å². The number of halogens is 1. The van der Waals surface area contributed by atoms with Crippen LogP contribution in [0.4, 0.5) is 10.1 Å². The first-order valence-corrected chi connectivity index (χ1v) is 9.85. The summed E-state index contributed by atoms with van der Waals surface area (Å²) in [7, 11) is 0. The number of anilines is 1. The normalized spacial score (nSPS) is 10.5. The van der Waals surface area contributed by atoms with E-state index in [-0.39, 0.29) is 30.2 Å². The van der Waals surface area contributed by atoms with Crippen molar-refractivity contribution in [1.82, 2.24) is 9.55 Å². The number of ether oxygens (including phenoxy) is 1. The Morgan fingerprint density at radius 3 is 2.58 bits per heavy atom. The van der Waals surface area contributed by atoms with E-state index in [1.807, 2.05) is 6.92 Å². The van der Waals surface area contributed by atoms with Gasteiger partial charge >= 0.3 is 5.97 Å². The summed E-state index contributed by atoms with van der Waals surface area (Å²) in [4.78, 5) is 42.0. The van der Waals surface area contributed by atoms with E-state index in [1.165, 1.54) is 34.9 Å². The van der Waals surface area contributed by atoms with Crippen LogP contribution in [0.1, 0.15) is 29.9 Å². The summed E-state index contributed by atoms with van der Waals surface area (Å²) in [5.41, 5.74) is 0.958. The third-order valence-electron chi connectivity index (χ3n) is 4.50. The first kappa shape index (κ1) is 21.9. The summed E-state index contributed by atoms with van der Waals surface area (Å²) < 4.78 is 19.9. The molecule has 3 rings (SSSR count). The fraction of sp³-hybridized carbons (Fsp3) is 0.217. The standard InChI is InChI=1S/C23H22FN3O4/c1-3-17-13-21(29)27(22(25-17)15-8-7-9-16(24)12-15)14-20(28)26-19-11-6-5-10-18(19)23(30)31-4-2/h5-13H,3-4,14H2,1-2H3,(H,26,28). The van der Waals surface area contributed by atoms with Gasteiger partial charge < -0.3 is 10.1 Å². The molecule has 7 nitrogen and oxygen atoms in total. The average molecular weight is 423 g/mol. The molecule has 0 bridgehead atoms. The molecule has 0 radical (unpaired) electrons. The van der Waals surface area contributed by atoms with Gasteiger partial charge in [-0.1, -0.05) is 31.2 Å². The van der Waals surface area contributed by atoms with Gasteiger partial charge in [-0.05, 0) is 37.6 Å². The number of carbonyl (C=O) groups is 2. The minimum absolute atomic E-state index is 0.192. The molecule has 0 saturated heterocycles. The van der Waals surface area contributed by atoms with Crippen LogP contribution in [0.2, 0.25) is 0 Å². The van der Waals surface area contributed by atoms with Crippen molar-refractivity contribution in [2.45, 2.75) is 26.8 Å². The summed E-state index contributed by atoms with van der Waals surface area (Å²) in [6, 6.07) is 13.4. The Kier molecular flexibility index (Phi) is 6.92. The van der Waals surface area contributed by atoms with Gasteiger partial charge in [-0.25, -0.2) is 14.2 Å². The highest BCUT2D eigenvalue weighted by molar-refractivity contribution is 6.01. The van der Waals surface area contributed by atoms with E-state index in [0.29, 0.717) is 17.7 Å². The molecule has 1 aromatic heterocycles. The Labute approximate surface area is 178 Å². The molecule has 1 N–H and O–H groups in total. The molecule has 1 amide bonds. The average Bonchev–Trinajstić information content (AvgIpc) is 2.75. The number of hydrogen-bond donors (Lipinski definition) is 1. The maximum atomic E-state index is 13.8. The topological polar surface area (TPSA) is 90.3 Å².